The number of anilines is 2. The van der Waals surface area contributed by atoms with Gasteiger partial charge in [-0.2, -0.15) is 0 Å². The standard InChI is InChI=1S/C19H15N5O4S2/c25-15(23-19-22-13(10-30-19)14-4-2-8-28-14)6-5-11-9-29-18(21-11)24-17(27)12-3-1-7-20-16(12)26/h1-4,7-10H,5-6H2,(H,20,26)(H,21,24,27)(H,22,23,25). The third kappa shape index (κ3) is 4.70. The molecule has 2 amide bonds. The number of aryl methyl sites for hydroxylation is 1. The molecule has 11 heteroatoms. The van der Waals surface area contributed by atoms with Crippen LogP contribution >= 0.6 is 22.7 Å². The molecular formula is C19H15N5O4S2. The molecule has 0 saturated carbocycles. The maximum atomic E-state index is 12.2. The van der Waals surface area contributed by atoms with Crippen LogP contribution in [0.5, 0.6) is 0 Å². The van der Waals surface area contributed by atoms with Crippen LogP contribution in [0.2, 0.25) is 0 Å². The van der Waals surface area contributed by atoms with E-state index >= 15 is 0 Å². The van der Waals surface area contributed by atoms with Crippen molar-refractivity contribution in [1.82, 2.24) is 15.0 Å². The maximum absolute atomic E-state index is 12.2. The second-order valence-electron chi connectivity index (χ2n) is 6.07. The Morgan fingerprint density at radius 1 is 1.07 bits per heavy atom. The average Bonchev–Trinajstić information content (AvgIpc) is 3.48. The fourth-order valence-corrected chi connectivity index (χ4v) is 3.99. The van der Waals surface area contributed by atoms with Gasteiger partial charge in [-0.25, -0.2) is 9.97 Å². The fourth-order valence-electron chi connectivity index (χ4n) is 2.54. The molecule has 0 aromatic carbocycles. The summed E-state index contributed by atoms with van der Waals surface area (Å²) in [5.41, 5.74) is 0.868. The van der Waals surface area contributed by atoms with E-state index in [0.717, 1.165) is 0 Å². The topological polar surface area (TPSA) is 130 Å². The zero-order chi connectivity index (χ0) is 20.9. The van der Waals surface area contributed by atoms with Gasteiger partial charge in [0.05, 0.1) is 12.0 Å². The number of pyridine rings is 1. The largest absolute Gasteiger partial charge is 0.463 e. The number of carbonyl (C=O) groups excluding carboxylic acids is 2. The first kappa shape index (κ1) is 19.7. The summed E-state index contributed by atoms with van der Waals surface area (Å²) in [6, 6.07) is 6.58. The van der Waals surface area contributed by atoms with Crippen molar-refractivity contribution in [2.45, 2.75) is 12.8 Å². The van der Waals surface area contributed by atoms with Crippen LogP contribution in [0.4, 0.5) is 10.3 Å². The van der Waals surface area contributed by atoms with Crippen LogP contribution in [0, 0.1) is 0 Å². The zero-order valence-corrected chi connectivity index (χ0v) is 17.0. The number of nitrogens with one attached hydrogen (secondary N) is 3. The maximum Gasteiger partial charge on any atom is 0.263 e. The molecule has 30 heavy (non-hydrogen) atoms. The first-order valence-electron chi connectivity index (χ1n) is 8.81. The number of aromatic nitrogens is 3. The van der Waals surface area contributed by atoms with Crippen molar-refractivity contribution < 1.29 is 14.0 Å². The summed E-state index contributed by atoms with van der Waals surface area (Å²) in [5.74, 6) is -0.0855. The minimum atomic E-state index is -0.536. The van der Waals surface area contributed by atoms with Gasteiger partial charge in [0.25, 0.3) is 11.5 Å². The van der Waals surface area contributed by atoms with Crippen LogP contribution in [-0.4, -0.2) is 26.8 Å². The van der Waals surface area contributed by atoms with E-state index in [1.165, 1.54) is 34.9 Å². The minimum Gasteiger partial charge on any atom is -0.463 e. The molecule has 0 aliphatic heterocycles. The number of thiazole rings is 2. The third-order valence-corrected chi connectivity index (χ3v) is 5.53. The molecule has 0 fully saturated rings. The fraction of sp³-hybridized carbons (Fsp3) is 0.105. The molecule has 4 aromatic heterocycles. The number of hydrogen-bond acceptors (Lipinski definition) is 8. The van der Waals surface area contributed by atoms with Gasteiger partial charge >= 0.3 is 0 Å². The van der Waals surface area contributed by atoms with Crippen LogP contribution in [-0.2, 0) is 11.2 Å². The lowest BCUT2D eigenvalue weighted by Gasteiger charge is -2.01. The van der Waals surface area contributed by atoms with E-state index in [4.69, 9.17) is 4.42 Å². The van der Waals surface area contributed by atoms with E-state index < -0.39 is 11.5 Å². The van der Waals surface area contributed by atoms with E-state index in [0.29, 0.717) is 33.8 Å². The Bertz CT molecular complexity index is 1230. The van der Waals surface area contributed by atoms with Crippen LogP contribution in [0.15, 0.2) is 56.7 Å². The zero-order valence-electron chi connectivity index (χ0n) is 15.4. The highest BCUT2D eigenvalue weighted by molar-refractivity contribution is 7.14. The van der Waals surface area contributed by atoms with Gasteiger partial charge in [-0.3, -0.25) is 19.7 Å². The molecule has 0 saturated heterocycles. The number of furan rings is 1. The van der Waals surface area contributed by atoms with Crippen molar-refractivity contribution in [3.8, 4) is 11.5 Å². The SMILES string of the molecule is O=C(CCc1csc(NC(=O)c2ccc[nH]c2=O)n1)Nc1nc(-c2ccco2)cs1. The Labute approximate surface area is 177 Å². The Kier molecular flexibility index (Phi) is 5.82. The van der Waals surface area contributed by atoms with Gasteiger partial charge < -0.3 is 14.7 Å². The molecule has 4 aromatic rings. The normalized spacial score (nSPS) is 10.7. The molecule has 0 atom stereocenters. The lowest BCUT2D eigenvalue weighted by molar-refractivity contribution is -0.116. The molecule has 152 valence electrons. The number of amides is 2. The lowest BCUT2D eigenvalue weighted by atomic mass is 10.2. The van der Waals surface area contributed by atoms with Gasteiger partial charge in [-0.15, -0.1) is 22.7 Å². The summed E-state index contributed by atoms with van der Waals surface area (Å²) in [7, 11) is 0. The number of aromatic amines is 1. The second kappa shape index (κ2) is 8.84. The van der Waals surface area contributed by atoms with Gasteiger partial charge in [0.2, 0.25) is 5.91 Å². The van der Waals surface area contributed by atoms with Crippen molar-refractivity contribution in [3.63, 3.8) is 0 Å². The molecule has 0 spiro atoms. The number of rotatable bonds is 7. The van der Waals surface area contributed by atoms with E-state index in [1.807, 2.05) is 5.38 Å². The number of hydrogen-bond donors (Lipinski definition) is 3. The van der Waals surface area contributed by atoms with E-state index in [9.17, 15) is 14.4 Å². The average molecular weight is 441 g/mol. The Balaban J connectivity index is 1.29. The molecule has 0 bridgehead atoms. The first-order chi connectivity index (χ1) is 14.6. The minimum absolute atomic E-state index is 0.00555. The van der Waals surface area contributed by atoms with E-state index in [2.05, 4.69) is 25.6 Å². The highest BCUT2D eigenvalue weighted by Gasteiger charge is 2.13. The molecule has 0 aliphatic carbocycles. The predicted octanol–water partition coefficient (Wildman–Crippen LogP) is 3.37. The summed E-state index contributed by atoms with van der Waals surface area (Å²) < 4.78 is 5.28. The molecule has 3 N–H and O–H groups in total. The van der Waals surface area contributed by atoms with Gasteiger partial charge in [-0.1, -0.05) is 0 Å². The molecule has 9 nitrogen and oxygen atoms in total. The van der Waals surface area contributed by atoms with Crippen molar-refractivity contribution >= 4 is 44.8 Å². The second-order valence-corrected chi connectivity index (χ2v) is 7.79. The molecule has 0 radical (unpaired) electrons. The smallest absolute Gasteiger partial charge is 0.263 e. The monoisotopic (exact) mass is 441 g/mol. The summed E-state index contributed by atoms with van der Waals surface area (Å²) >= 11 is 2.54. The molecule has 0 aliphatic rings. The van der Waals surface area contributed by atoms with E-state index in [-0.39, 0.29) is 17.9 Å². The van der Waals surface area contributed by atoms with Crippen molar-refractivity contribution in [2.75, 3.05) is 10.6 Å². The van der Waals surface area contributed by atoms with Gasteiger partial charge in [0.15, 0.2) is 16.0 Å². The van der Waals surface area contributed by atoms with Crippen LogP contribution in [0.25, 0.3) is 11.5 Å². The molecule has 4 heterocycles. The highest BCUT2D eigenvalue weighted by atomic mass is 32.1. The van der Waals surface area contributed by atoms with Crippen LogP contribution < -0.4 is 16.2 Å². The van der Waals surface area contributed by atoms with Crippen LogP contribution in [0.1, 0.15) is 22.5 Å². The van der Waals surface area contributed by atoms with Crippen molar-refractivity contribution in [2.24, 2.45) is 0 Å². The summed E-state index contributed by atoms with van der Waals surface area (Å²) in [5, 5.41) is 9.77. The van der Waals surface area contributed by atoms with Gasteiger partial charge in [-0.05, 0) is 30.7 Å². The van der Waals surface area contributed by atoms with E-state index in [1.54, 1.807) is 29.8 Å². The van der Waals surface area contributed by atoms with Crippen molar-refractivity contribution in [1.29, 1.82) is 0 Å². The Morgan fingerprint density at radius 2 is 1.90 bits per heavy atom. The van der Waals surface area contributed by atoms with Gasteiger partial charge in [0.1, 0.15) is 11.3 Å². The highest BCUT2D eigenvalue weighted by Crippen LogP contribution is 2.25. The molecular weight excluding hydrogens is 426 g/mol. The quantitative estimate of drug-likeness (QED) is 0.403. The predicted molar refractivity (Wildman–Crippen MR) is 114 cm³/mol. The number of carbonyl (C=O) groups is 2. The lowest BCUT2D eigenvalue weighted by Crippen LogP contribution is -2.22. The summed E-state index contributed by atoms with van der Waals surface area (Å²) in [6.07, 6.45) is 3.64. The third-order valence-electron chi connectivity index (χ3n) is 3.97. The summed E-state index contributed by atoms with van der Waals surface area (Å²) in [4.78, 5) is 47.1. The van der Waals surface area contributed by atoms with Crippen molar-refractivity contribution in [3.05, 3.63) is 69.1 Å². The molecule has 4 rings (SSSR count). The first-order valence-corrected chi connectivity index (χ1v) is 10.6. The van der Waals surface area contributed by atoms with Crippen LogP contribution in [0.3, 0.4) is 0 Å². The van der Waals surface area contributed by atoms with Gasteiger partial charge in [0, 0.05) is 23.4 Å². The Hall–Kier alpha value is -3.57. The Morgan fingerprint density at radius 3 is 2.70 bits per heavy atom. The molecule has 0 unspecified atom stereocenters. The number of H-pyrrole nitrogens is 1. The summed E-state index contributed by atoms with van der Waals surface area (Å²) in [6.45, 7) is 0. The number of nitrogens with zero attached hydrogens (tertiary/aromatic N) is 2.